The number of nitrogens with one attached hydrogen (secondary N) is 2. The van der Waals surface area contributed by atoms with E-state index in [9.17, 15) is 9.90 Å². The highest BCUT2D eigenvalue weighted by molar-refractivity contribution is 6.30. The summed E-state index contributed by atoms with van der Waals surface area (Å²) in [6.45, 7) is 3.41. The highest BCUT2D eigenvalue weighted by Crippen LogP contribution is 2.16. The minimum Gasteiger partial charge on any atom is -0.387 e. The number of carbonyl (C=O) groups excluding carboxylic acids is 1. The van der Waals surface area contributed by atoms with E-state index in [4.69, 9.17) is 11.6 Å². The zero-order valence-corrected chi connectivity index (χ0v) is 11.0. The van der Waals surface area contributed by atoms with E-state index in [0.29, 0.717) is 23.6 Å². The predicted octanol–water partition coefficient (Wildman–Crippen LogP) is 1.10. The third kappa shape index (κ3) is 3.02. The van der Waals surface area contributed by atoms with Crippen LogP contribution >= 0.6 is 11.6 Å². The van der Waals surface area contributed by atoms with Gasteiger partial charge in [-0.3, -0.25) is 4.79 Å². The van der Waals surface area contributed by atoms with Crippen LogP contribution in [-0.4, -0.2) is 36.2 Å². The highest BCUT2D eigenvalue weighted by atomic mass is 35.5. The summed E-state index contributed by atoms with van der Waals surface area (Å²) in [5.74, 6) is -0.176. The Morgan fingerprint density at radius 2 is 2.39 bits per heavy atom. The fraction of sp³-hybridized carbons (Fsp3) is 0.462. The fourth-order valence-corrected chi connectivity index (χ4v) is 2.33. The van der Waals surface area contributed by atoms with Crippen LogP contribution in [0.1, 0.15) is 22.3 Å². The van der Waals surface area contributed by atoms with Gasteiger partial charge in [-0.15, -0.1) is 0 Å². The molecule has 0 aliphatic carbocycles. The third-order valence-electron chi connectivity index (χ3n) is 3.23. The van der Waals surface area contributed by atoms with Crippen molar-refractivity contribution < 1.29 is 9.90 Å². The SMILES string of the molecule is Cc1cc(Cl)ccc1C(=O)NC[C@]1(O)CCNC1. The molecule has 5 heteroatoms. The first kappa shape index (κ1) is 13.3. The van der Waals surface area contributed by atoms with Crippen molar-refractivity contribution in [1.82, 2.24) is 10.6 Å². The van der Waals surface area contributed by atoms with Gasteiger partial charge in [-0.05, 0) is 43.7 Å². The Bertz CT molecular complexity index is 456. The first-order valence-electron chi connectivity index (χ1n) is 5.98. The van der Waals surface area contributed by atoms with Gasteiger partial charge in [0.2, 0.25) is 0 Å². The van der Waals surface area contributed by atoms with Gasteiger partial charge in [0, 0.05) is 23.7 Å². The molecule has 1 amide bonds. The van der Waals surface area contributed by atoms with Crippen LogP contribution < -0.4 is 10.6 Å². The van der Waals surface area contributed by atoms with Gasteiger partial charge in [-0.1, -0.05) is 11.6 Å². The lowest BCUT2D eigenvalue weighted by Gasteiger charge is -2.21. The van der Waals surface area contributed by atoms with Crippen molar-refractivity contribution in [1.29, 1.82) is 0 Å². The molecule has 1 aromatic rings. The Labute approximate surface area is 111 Å². The highest BCUT2D eigenvalue weighted by Gasteiger charge is 2.31. The number of β-amino-alcohol motifs (C(OH)–C–C–N with tert-alkyl or cyclic N) is 1. The Balaban J connectivity index is 1.99. The van der Waals surface area contributed by atoms with E-state index in [1.54, 1.807) is 18.2 Å². The Kier molecular flexibility index (Phi) is 3.90. The predicted molar refractivity (Wildman–Crippen MR) is 71.0 cm³/mol. The maximum absolute atomic E-state index is 12.0. The lowest BCUT2D eigenvalue weighted by Crippen LogP contribution is -2.44. The van der Waals surface area contributed by atoms with Crippen LogP contribution in [0.15, 0.2) is 18.2 Å². The molecule has 4 nitrogen and oxygen atoms in total. The summed E-state index contributed by atoms with van der Waals surface area (Å²) in [4.78, 5) is 12.0. The van der Waals surface area contributed by atoms with E-state index in [0.717, 1.165) is 12.1 Å². The molecule has 0 bridgehead atoms. The van der Waals surface area contributed by atoms with E-state index in [-0.39, 0.29) is 12.5 Å². The molecule has 1 atom stereocenters. The normalized spacial score (nSPS) is 23.1. The number of benzene rings is 1. The minimum absolute atomic E-state index is 0.176. The number of hydrogen-bond acceptors (Lipinski definition) is 3. The average molecular weight is 269 g/mol. The summed E-state index contributed by atoms with van der Waals surface area (Å²) >= 11 is 5.84. The molecule has 0 aromatic heterocycles. The van der Waals surface area contributed by atoms with Gasteiger partial charge in [-0.25, -0.2) is 0 Å². The first-order chi connectivity index (χ1) is 8.50. The standard InChI is InChI=1S/C13H17ClN2O2/c1-9-6-10(14)2-3-11(9)12(17)16-8-13(18)4-5-15-7-13/h2-3,6,15,18H,4-5,7-8H2,1H3,(H,16,17)/t13-/m0/s1. The average Bonchev–Trinajstić information content (AvgIpc) is 2.74. The summed E-state index contributed by atoms with van der Waals surface area (Å²) in [6.07, 6.45) is 0.660. The molecular weight excluding hydrogens is 252 g/mol. The Morgan fingerprint density at radius 3 is 3.00 bits per heavy atom. The molecular formula is C13H17ClN2O2. The smallest absolute Gasteiger partial charge is 0.251 e. The number of amides is 1. The molecule has 0 saturated carbocycles. The van der Waals surface area contributed by atoms with Crippen LogP contribution in [0, 0.1) is 6.92 Å². The van der Waals surface area contributed by atoms with E-state index in [1.807, 2.05) is 6.92 Å². The van der Waals surface area contributed by atoms with E-state index in [1.165, 1.54) is 0 Å². The third-order valence-corrected chi connectivity index (χ3v) is 3.47. The molecule has 1 aliphatic rings. The zero-order valence-electron chi connectivity index (χ0n) is 10.3. The molecule has 2 rings (SSSR count). The van der Waals surface area contributed by atoms with Crippen molar-refractivity contribution in [2.45, 2.75) is 18.9 Å². The maximum Gasteiger partial charge on any atom is 0.251 e. The summed E-state index contributed by atoms with van der Waals surface area (Å²) in [5, 5.41) is 16.6. The van der Waals surface area contributed by atoms with Crippen LogP contribution in [-0.2, 0) is 0 Å². The quantitative estimate of drug-likeness (QED) is 0.769. The number of carbonyl (C=O) groups is 1. The van der Waals surface area contributed by atoms with Crippen LogP contribution in [0.2, 0.25) is 5.02 Å². The second-order valence-corrected chi connectivity index (χ2v) is 5.23. The summed E-state index contributed by atoms with van der Waals surface area (Å²) in [6, 6.07) is 5.14. The van der Waals surface area contributed by atoms with Crippen molar-refractivity contribution in [2.75, 3.05) is 19.6 Å². The van der Waals surface area contributed by atoms with Gasteiger partial charge in [0.1, 0.15) is 0 Å². The molecule has 0 unspecified atom stereocenters. The van der Waals surface area contributed by atoms with Crippen molar-refractivity contribution >= 4 is 17.5 Å². The fourth-order valence-electron chi connectivity index (χ4n) is 2.10. The maximum atomic E-state index is 12.0. The van der Waals surface area contributed by atoms with Gasteiger partial charge in [0.15, 0.2) is 0 Å². The van der Waals surface area contributed by atoms with Crippen LogP contribution in [0.25, 0.3) is 0 Å². The number of aliphatic hydroxyl groups is 1. The molecule has 1 fully saturated rings. The zero-order chi connectivity index (χ0) is 13.2. The van der Waals surface area contributed by atoms with E-state index < -0.39 is 5.60 Å². The second-order valence-electron chi connectivity index (χ2n) is 4.79. The molecule has 98 valence electrons. The van der Waals surface area contributed by atoms with Crippen molar-refractivity contribution in [3.63, 3.8) is 0 Å². The monoisotopic (exact) mass is 268 g/mol. The minimum atomic E-state index is -0.823. The van der Waals surface area contributed by atoms with Crippen LogP contribution in [0.4, 0.5) is 0 Å². The Morgan fingerprint density at radius 1 is 1.61 bits per heavy atom. The van der Waals surface area contributed by atoms with Crippen molar-refractivity contribution in [2.24, 2.45) is 0 Å². The number of halogens is 1. The molecule has 1 heterocycles. The lowest BCUT2D eigenvalue weighted by molar-refractivity contribution is 0.0561. The molecule has 1 aliphatic heterocycles. The van der Waals surface area contributed by atoms with Gasteiger partial charge in [-0.2, -0.15) is 0 Å². The molecule has 1 aromatic carbocycles. The molecule has 0 spiro atoms. The molecule has 0 radical (unpaired) electrons. The van der Waals surface area contributed by atoms with Crippen LogP contribution in [0.5, 0.6) is 0 Å². The largest absolute Gasteiger partial charge is 0.387 e. The van der Waals surface area contributed by atoms with Crippen molar-refractivity contribution in [3.05, 3.63) is 34.3 Å². The summed E-state index contributed by atoms with van der Waals surface area (Å²) in [7, 11) is 0. The molecule has 3 N–H and O–H groups in total. The van der Waals surface area contributed by atoms with Crippen molar-refractivity contribution in [3.8, 4) is 0 Å². The van der Waals surface area contributed by atoms with Gasteiger partial charge in [0.05, 0.1) is 5.60 Å². The van der Waals surface area contributed by atoms with Crippen LogP contribution in [0.3, 0.4) is 0 Å². The number of rotatable bonds is 3. The second kappa shape index (κ2) is 5.26. The first-order valence-corrected chi connectivity index (χ1v) is 6.35. The molecule has 18 heavy (non-hydrogen) atoms. The topological polar surface area (TPSA) is 61.4 Å². The molecule has 1 saturated heterocycles. The lowest BCUT2D eigenvalue weighted by atomic mass is 10.0. The summed E-state index contributed by atoms with van der Waals surface area (Å²) in [5.41, 5.74) is 0.598. The number of aryl methyl sites for hydroxylation is 1. The Hall–Kier alpha value is -1.10. The van der Waals surface area contributed by atoms with Gasteiger partial charge < -0.3 is 15.7 Å². The van der Waals surface area contributed by atoms with Gasteiger partial charge >= 0.3 is 0 Å². The van der Waals surface area contributed by atoms with Gasteiger partial charge in [0.25, 0.3) is 5.91 Å². The number of hydrogen-bond donors (Lipinski definition) is 3. The van der Waals surface area contributed by atoms with E-state index in [2.05, 4.69) is 10.6 Å². The summed E-state index contributed by atoms with van der Waals surface area (Å²) < 4.78 is 0. The van der Waals surface area contributed by atoms with E-state index >= 15 is 0 Å².